The van der Waals surface area contributed by atoms with Crippen molar-refractivity contribution in [3.05, 3.63) is 29.8 Å². The number of benzene rings is 1. The Hall–Kier alpha value is -2.08. The number of carbonyl (C=O) groups is 2. The molecule has 0 bridgehead atoms. The highest BCUT2D eigenvalue weighted by Crippen LogP contribution is 2.14. The van der Waals surface area contributed by atoms with Gasteiger partial charge in [0, 0.05) is 6.42 Å². The summed E-state index contributed by atoms with van der Waals surface area (Å²) in [6, 6.07) is 6.29. The van der Waals surface area contributed by atoms with Gasteiger partial charge in [0.15, 0.2) is 0 Å². The SMILES string of the molecule is COc1cccc(C[C@H](NC(=O)[C@@H](O)CC(C)C)C(N)=O)c1. The van der Waals surface area contributed by atoms with E-state index in [-0.39, 0.29) is 12.3 Å². The molecule has 1 rings (SSSR count). The Morgan fingerprint density at radius 3 is 2.59 bits per heavy atom. The normalized spacial score (nSPS) is 13.5. The first kappa shape index (κ1) is 18.0. The zero-order chi connectivity index (χ0) is 16.7. The average Bonchev–Trinajstić information content (AvgIpc) is 2.45. The summed E-state index contributed by atoms with van der Waals surface area (Å²) >= 11 is 0. The van der Waals surface area contributed by atoms with Crippen molar-refractivity contribution in [2.24, 2.45) is 11.7 Å². The lowest BCUT2D eigenvalue weighted by Crippen LogP contribution is -2.49. The molecule has 6 nitrogen and oxygen atoms in total. The number of ether oxygens (including phenoxy) is 1. The molecule has 2 atom stereocenters. The third kappa shape index (κ3) is 5.73. The minimum absolute atomic E-state index is 0.172. The first-order chi connectivity index (χ1) is 10.3. The molecule has 0 spiro atoms. The van der Waals surface area contributed by atoms with Crippen molar-refractivity contribution in [3.8, 4) is 5.75 Å². The number of hydrogen-bond donors (Lipinski definition) is 3. The van der Waals surface area contributed by atoms with Crippen LogP contribution in [0.5, 0.6) is 5.75 Å². The lowest BCUT2D eigenvalue weighted by Gasteiger charge is -2.19. The van der Waals surface area contributed by atoms with E-state index in [0.29, 0.717) is 12.2 Å². The Kier molecular flexibility index (Phi) is 6.85. The van der Waals surface area contributed by atoms with E-state index in [1.54, 1.807) is 25.3 Å². The Morgan fingerprint density at radius 1 is 1.36 bits per heavy atom. The third-order valence-corrected chi connectivity index (χ3v) is 3.23. The van der Waals surface area contributed by atoms with Gasteiger partial charge in [-0.1, -0.05) is 26.0 Å². The summed E-state index contributed by atoms with van der Waals surface area (Å²) < 4.78 is 5.12. The van der Waals surface area contributed by atoms with Crippen LogP contribution in [-0.2, 0) is 16.0 Å². The summed E-state index contributed by atoms with van der Waals surface area (Å²) in [7, 11) is 1.55. The molecule has 2 amide bonds. The molecular formula is C16H24N2O4. The van der Waals surface area contributed by atoms with Crippen LogP contribution in [0, 0.1) is 5.92 Å². The molecule has 0 fully saturated rings. The fraction of sp³-hybridized carbons (Fsp3) is 0.500. The lowest BCUT2D eigenvalue weighted by atomic mass is 10.0. The lowest BCUT2D eigenvalue weighted by molar-refractivity contribution is -0.133. The number of rotatable bonds is 8. The van der Waals surface area contributed by atoms with Gasteiger partial charge in [-0.15, -0.1) is 0 Å². The van der Waals surface area contributed by atoms with Crippen LogP contribution >= 0.6 is 0 Å². The number of nitrogens with one attached hydrogen (secondary N) is 1. The zero-order valence-corrected chi connectivity index (χ0v) is 13.2. The predicted octanol–water partition coefficient (Wildman–Crippen LogP) is 0.615. The van der Waals surface area contributed by atoms with Gasteiger partial charge in [0.05, 0.1) is 7.11 Å². The van der Waals surface area contributed by atoms with Crippen LogP contribution < -0.4 is 15.8 Å². The van der Waals surface area contributed by atoms with Crippen molar-refractivity contribution in [1.82, 2.24) is 5.32 Å². The van der Waals surface area contributed by atoms with Gasteiger partial charge in [0.1, 0.15) is 17.9 Å². The van der Waals surface area contributed by atoms with Crippen LogP contribution in [0.1, 0.15) is 25.8 Å². The molecule has 0 saturated carbocycles. The quantitative estimate of drug-likeness (QED) is 0.655. The second-order valence-electron chi connectivity index (χ2n) is 5.66. The summed E-state index contributed by atoms with van der Waals surface area (Å²) in [5, 5.41) is 12.3. The van der Waals surface area contributed by atoms with Gasteiger partial charge in [-0.2, -0.15) is 0 Å². The van der Waals surface area contributed by atoms with Crippen molar-refractivity contribution in [2.75, 3.05) is 7.11 Å². The number of carbonyl (C=O) groups excluding carboxylic acids is 2. The fourth-order valence-corrected chi connectivity index (χ4v) is 2.08. The summed E-state index contributed by atoms with van der Waals surface area (Å²) in [5.74, 6) is -0.397. The third-order valence-electron chi connectivity index (χ3n) is 3.23. The average molecular weight is 308 g/mol. The van der Waals surface area contributed by atoms with Gasteiger partial charge in [0.25, 0.3) is 0 Å². The maximum atomic E-state index is 11.9. The molecule has 0 radical (unpaired) electrons. The van der Waals surface area contributed by atoms with Crippen LogP contribution in [0.25, 0.3) is 0 Å². The topological polar surface area (TPSA) is 102 Å². The molecule has 0 aliphatic carbocycles. The molecule has 0 saturated heterocycles. The first-order valence-corrected chi connectivity index (χ1v) is 7.24. The molecule has 1 aromatic rings. The zero-order valence-electron chi connectivity index (χ0n) is 13.2. The monoisotopic (exact) mass is 308 g/mol. The number of primary amides is 1. The highest BCUT2D eigenvalue weighted by atomic mass is 16.5. The van der Waals surface area contributed by atoms with E-state index in [1.165, 1.54) is 0 Å². The minimum Gasteiger partial charge on any atom is -0.497 e. The Labute approximate surface area is 130 Å². The molecule has 6 heteroatoms. The maximum Gasteiger partial charge on any atom is 0.249 e. The highest BCUT2D eigenvalue weighted by Gasteiger charge is 2.23. The van der Waals surface area contributed by atoms with E-state index in [1.807, 2.05) is 19.9 Å². The number of amides is 2. The summed E-state index contributed by atoms with van der Waals surface area (Å²) in [5.41, 5.74) is 6.15. The number of aliphatic hydroxyl groups excluding tert-OH is 1. The summed E-state index contributed by atoms with van der Waals surface area (Å²) in [6.45, 7) is 3.80. The Balaban J connectivity index is 2.73. The Morgan fingerprint density at radius 2 is 2.05 bits per heavy atom. The van der Waals surface area contributed by atoms with Crippen molar-refractivity contribution in [2.45, 2.75) is 38.8 Å². The molecule has 0 aromatic heterocycles. The van der Waals surface area contributed by atoms with Crippen molar-refractivity contribution >= 4 is 11.8 Å². The maximum absolute atomic E-state index is 11.9. The van der Waals surface area contributed by atoms with Crippen molar-refractivity contribution < 1.29 is 19.4 Å². The van der Waals surface area contributed by atoms with Crippen LogP contribution in [-0.4, -0.2) is 36.2 Å². The first-order valence-electron chi connectivity index (χ1n) is 7.24. The largest absolute Gasteiger partial charge is 0.497 e. The smallest absolute Gasteiger partial charge is 0.249 e. The van der Waals surface area contributed by atoms with Gasteiger partial charge in [-0.3, -0.25) is 9.59 Å². The van der Waals surface area contributed by atoms with E-state index >= 15 is 0 Å². The highest BCUT2D eigenvalue weighted by molar-refractivity contribution is 5.88. The Bertz CT molecular complexity index is 517. The second kappa shape index (κ2) is 8.38. The molecular weight excluding hydrogens is 284 g/mol. The molecule has 1 aromatic carbocycles. The van der Waals surface area contributed by atoms with E-state index in [2.05, 4.69) is 5.32 Å². The van der Waals surface area contributed by atoms with E-state index in [4.69, 9.17) is 10.5 Å². The van der Waals surface area contributed by atoms with Crippen LogP contribution in [0.2, 0.25) is 0 Å². The molecule has 122 valence electrons. The van der Waals surface area contributed by atoms with E-state index in [0.717, 1.165) is 5.56 Å². The standard InChI is InChI=1S/C16H24N2O4/c1-10(2)7-14(19)16(21)18-13(15(17)20)9-11-5-4-6-12(8-11)22-3/h4-6,8,10,13-14,19H,7,9H2,1-3H3,(H2,17,20)(H,18,21)/t13-,14-/m0/s1. The number of hydrogen-bond acceptors (Lipinski definition) is 4. The number of aliphatic hydroxyl groups is 1. The summed E-state index contributed by atoms with van der Waals surface area (Å²) in [6.07, 6.45) is -0.574. The molecule has 0 aliphatic heterocycles. The molecule has 4 N–H and O–H groups in total. The van der Waals surface area contributed by atoms with Crippen LogP contribution in [0.15, 0.2) is 24.3 Å². The number of nitrogens with two attached hydrogens (primary N) is 1. The van der Waals surface area contributed by atoms with Crippen molar-refractivity contribution in [3.63, 3.8) is 0 Å². The van der Waals surface area contributed by atoms with Gasteiger partial charge in [-0.05, 0) is 30.0 Å². The van der Waals surface area contributed by atoms with Gasteiger partial charge in [0.2, 0.25) is 11.8 Å². The second-order valence-corrected chi connectivity index (χ2v) is 5.66. The molecule has 0 aliphatic rings. The van der Waals surface area contributed by atoms with Crippen LogP contribution in [0.4, 0.5) is 0 Å². The van der Waals surface area contributed by atoms with Gasteiger partial charge >= 0.3 is 0 Å². The summed E-state index contributed by atoms with van der Waals surface area (Å²) in [4.78, 5) is 23.4. The minimum atomic E-state index is -1.15. The van der Waals surface area contributed by atoms with Crippen molar-refractivity contribution in [1.29, 1.82) is 0 Å². The van der Waals surface area contributed by atoms with E-state index in [9.17, 15) is 14.7 Å². The molecule has 22 heavy (non-hydrogen) atoms. The number of methoxy groups -OCH3 is 1. The van der Waals surface area contributed by atoms with E-state index < -0.39 is 24.0 Å². The van der Waals surface area contributed by atoms with Gasteiger partial charge in [-0.25, -0.2) is 0 Å². The molecule has 0 heterocycles. The van der Waals surface area contributed by atoms with Crippen LogP contribution in [0.3, 0.4) is 0 Å². The predicted molar refractivity (Wildman–Crippen MR) is 83.3 cm³/mol. The van der Waals surface area contributed by atoms with Gasteiger partial charge < -0.3 is 20.9 Å². The fourth-order valence-electron chi connectivity index (χ4n) is 2.08. The molecule has 0 unspecified atom stereocenters.